The lowest BCUT2D eigenvalue weighted by atomic mass is 9.57. The molecule has 0 bridgehead atoms. The zero-order chi connectivity index (χ0) is 12.8. The molecule has 0 saturated heterocycles. The standard InChI is InChI=1S/C14H19NO2/c1-13(2)6-5-7-14(3,4)11(13)9-8-10(16)15-12(9)17/h5-6,8,11H,7H2,1-4H3,(H,15,16,17). The second-order valence-corrected chi connectivity index (χ2v) is 6.27. The molecule has 92 valence electrons. The van der Waals surface area contributed by atoms with Crippen molar-refractivity contribution < 1.29 is 9.59 Å². The minimum absolute atomic E-state index is 0.00789. The number of imide groups is 1. The second-order valence-electron chi connectivity index (χ2n) is 6.27. The molecule has 0 aromatic rings. The number of rotatable bonds is 1. The van der Waals surface area contributed by atoms with Gasteiger partial charge in [-0.25, -0.2) is 0 Å². The first kappa shape index (κ1) is 12.1. The van der Waals surface area contributed by atoms with Gasteiger partial charge in [-0.15, -0.1) is 0 Å². The Labute approximate surface area is 102 Å². The summed E-state index contributed by atoms with van der Waals surface area (Å²) < 4.78 is 0. The summed E-state index contributed by atoms with van der Waals surface area (Å²) in [5.74, 6) is -0.436. The smallest absolute Gasteiger partial charge is 0.254 e. The van der Waals surface area contributed by atoms with E-state index in [1.54, 1.807) is 0 Å². The molecule has 3 nitrogen and oxygen atoms in total. The van der Waals surface area contributed by atoms with Gasteiger partial charge in [0.15, 0.2) is 0 Å². The van der Waals surface area contributed by atoms with E-state index in [1.807, 2.05) is 0 Å². The minimum Gasteiger partial charge on any atom is -0.289 e. The van der Waals surface area contributed by atoms with Crippen LogP contribution in [-0.4, -0.2) is 11.8 Å². The highest BCUT2D eigenvalue weighted by Crippen LogP contribution is 2.51. The van der Waals surface area contributed by atoms with Crippen LogP contribution in [0.15, 0.2) is 23.8 Å². The lowest BCUT2D eigenvalue weighted by molar-refractivity contribution is -0.124. The van der Waals surface area contributed by atoms with Crippen molar-refractivity contribution in [1.29, 1.82) is 0 Å². The molecular weight excluding hydrogens is 214 g/mol. The van der Waals surface area contributed by atoms with Crippen LogP contribution < -0.4 is 5.32 Å². The maximum absolute atomic E-state index is 11.8. The molecule has 0 saturated carbocycles. The number of hydrogen-bond donors (Lipinski definition) is 1. The fraction of sp³-hybridized carbons (Fsp3) is 0.571. The molecule has 1 aliphatic heterocycles. The van der Waals surface area contributed by atoms with Crippen LogP contribution in [0.25, 0.3) is 0 Å². The molecule has 1 aliphatic carbocycles. The molecule has 2 aliphatic rings. The maximum Gasteiger partial charge on any atom is 0.254 e. The SMILES string of the molecule is CC1(C)C=CCC(C)(C)C1C1=CC(=O)NC1=O. The van der Waals surface area contributed by atoms with Gasteiger partial charge in [-0.1, -0.05) is 39.8 Å². The highest BCUT2D eigenvalue weighted by molar-refractivity contribution is 6.16. The normalized spacial score (nSPS) is 30.1. The quantitative estimate of drug-likeness (QED) is 0.557. The van der Waals surface area contributed by atoms with Crippen LogP contribution in [0.5, 0.6) is 0 Å². The molecule has 0 spiro atoms. The number of amides is 2. The molecule has 0 aromatic heterocycles. The first-order valence-electron chi connectivity index (χ1n) is 5.99. The van der Waals surface area contributed by atoms with Crippen LogP contribution in [0, 0.1) is 16.7 Å². The van der Waals surface area contributed by atoms with Gasteiger partial charge in [0.1, 0.15) is 0 Å². The Hall–Kier alpha value is -1.38. The van der Waals surface area contributed by atoms with E-state index in [9.17, 15) is 9.59 Å². The summed E-state index contributed by atoms with van der Waals surface area (Å²) in [4.78, 5) is 23.1. The molecule has 1 unspecified atom stereocenters. The molecular formula is C14H19NO2. The van der Waals surface area contributed by atoms with Crippen molar-refractivity contribution >= 4 is 11.8 Å². The van der Waals surface area contributed by atoms with Gasteiger partial charge < -0.3 is 0 Å². The molecule has 2 rings (SSSR count). The first-order valence-corrected chi connectivity index (χ1v) is 5.99. The van der Waals surface area contributed by atoms with Crippen LogP contribution >= 0.6 is 0 Å². The van der Waals surface area contributed by atoms with E-state index in [0.717, 1.165) is 6.42 Å². The van der Waals surface area contributed by atoms with Crippen molar-refractivity contribution in [3.05, 3.63) is 23.8 Å². The molecule has 1 N–H and O–H groups in total. The van der Waals surface area contributed by atoms with Crippen molar-refractivity contribution in [3.63, 3.8) is 0 Å². The van der Waals surface area contributed by atoms with Crippen LogP contribution in [0.1, 0.15) is 34.1 Å². The van der Waals surface area contributed by atoms with Crippen molar-refractivity contribution in [3.8, 4) is 0 Å². The van der Waals surface area contributed by atoms with Gasteiger partial charge in [0.05, 0.1) is 0 Å². The van der Waals surface area contributed by atoms with Crippen LogP contribution in [0.2, 0.25) is 0 Å². The van der Waals surface area contributed by atoms with Gasteiger partial charge in [-0.3, -0.25) is 14.9 Å². The van der Waals surface area contributed by atoms with Crippen LogP contribution in [-0.2, 0) is 9.59 Å². The van der Waals surface area contributed by atoms with E-state index in [4.69, 9.17) is 0 Å². The molecule has 1 heterocycles. The third-order valence-corrected chi connectivity index (χ3v) is 3.81. The lowest BCUT2D eigenvalue weighted by Gasteiger charge is -2.46. The average Bonchev–Trinajstić information content (AvgIpc) is 2.42. The lowest BCUT2D eigenvalue weighted by Crippen LogP contribution is -2.41. The van der Waals surface area contributed by atoms with E-state index in [0.29, 0.717) is 5.57 Å². The van der Waals surface area contributed by atoms with Gasteiger partial charge in [-0.05, 0) is 17.3 Å². The number of carbonyl (C=O) groups is 2. The number of carbonyl (C=O) groups excluding carboxylic acids is 2. The third-order valence-electron chi connectivity index (χ3n) is 3.81. The van der Waals surface area contributed by atoms with Crippen LogP contribution in [0.4, 0.5) is 0 Å². The molecule has 2 amide bonds. The Balaban J connectivity index is 2.48. The van der Waals surface area contributed by atoms with Gasteiger partial charge >= 0.3 is 0 Å². The summed E-state index contributed by atoms with van der Waals surface area (Å²) in [5.41, 5.74) is 0.524. The molecule has 1 atom stereocenters. The maximum atomic E-state index is 11.8. The predicted molar refractivity (Wildman–Crippen MR) is 66.0 cm³/mol. The summed E-state index contributed by atoms with van der Waals surface area (Å²) >= 11 is 0. The molecule has 0 aromatic carbocycles. The van der Waals surface area contributed by atoms with Crippen molar-refractivity contribution in [2.45, 2.75) is 34.1 Å². The number of nitrogens with one attached hydrogen (secondary N) is 1. The van der Waals surface area contributed by atoms with E-state index < -0.39 is 0 Å². The van der Waals surface area contributed by atoms with E-state index in [1.165, 1.54) is 6.08 Å². The van der Waals surface area contributed by atoms with Crippen molar-refractivity contribution in [2.24, 2.45) is 16.7 Å². The number of allylic oxidation sites excluding steroid dienone is 2. The van der Waals surface area contributed by atoms with Crippen molar-refractivity contribution in [1.82, 2.24) is 5.32 Å². The second kappa shape index (κ2) is 3.56. The summed E-state index contributed by atoms with van der Waals surface area (Å²) in [6.45, 7) is 8.54. The average molecular weight is 233 g/mol. The topological polar surface area (TPSA) is 46.2 Å². The van der Waals surface area contributed by atoms with Gasteiger partial charge in [-0.2, -0.15) is 0 Å². The monoisotopic (exact) mass is 233 g/mol. The molecule has 0 fully saturated rings. The number of hydrogen-bond acceptors (Lipinski definition) is 2. The van der Waals surface area contributed by atoms with Gasteiger partial charge in [0, 0.05) is 17.6 Å². The highest BCUT2D eigenvalue weighted by Gasteiger charge is 2.46. The van der Waals surface area contributed by atoms with E-state index >= 15 is 0 Å². The largest absolute Gasteiger partial charge is 0.289 e. The third kappa shape index (κ3) is 1.94. The minimum atomic E-state index is -0.286. The van der Waals surface area contributed by atoms with E-state index in [-0.39, 0.29) is 28.6 Å². The Morgan fingerprint density at radius 2 is 1.88 bits per heavy atom. The van der Waals surface area contributed by atoms with Gasteiger partial charge in [0.25, 0.3) is 11.8 Å². The Morgan fingerprint density at radius 1 is 1.24 bits per heavy atom. The fourth-order valence-electron chi connectivity index (χ4n) is 3.35. The first-order chi connectivity index (χ1) is 7.74. The van der Waals surface area contributed by atoms with Crippen molar-refractivity contribution in [2.75, 3.05) is 0 Å². The Morgan fingerprint density at radius 3 is 2.35 bits per heavy atom. The Kier molecular flexibility index (Phi) is 2.53. The molecule has 17 heavy (non-hydrogen) atoms. The molecule has 3 heteroatoms. The summed E-state index contributed by atoms with van der Waals surface area (Å²) in [7, 11) is 0. The summed E-state index contributed by atoms with van der Waals surface area (Å²) in [6, 6.07) is 0. The summed E-state index contributed by atoms with van der Waals surface area (Å²) in [5, 5.41) is 2.35. The molecule has 0 radical (unpaired) electrons. The van der Waals surface area contributed by atoms with Crippen LogP contribution in [0.3, 0.4) is 0 Å². The van der Waals surface area contributed by atoms with Gasteiger partial charge in [0.2, 0.25) is 0 Å². The predicted octanol–water partition coefficient (Wildman–Crippen LogP) is 2.20. The Bertz CT molecular complexity index is 441. The summed E-state index contributed by atoms with van der Waals surface area (Å²) in [6.07, 6.45) is 6.72. The highest BCUT2D eigenvalue weighted by atomic mass is 16.2. The fourth-order valence-corrected chi connectivity index (χ4v) is 3.35. The zero-order valence-corrected chi connectivity index (χ0v) is 10.8. The van der Waals surface area contributed by atoms with E-state index in [2.05, 4.69) is 45.2 Å². The zero-order valence-electron chi connectivity index (χ0n) is 10.8.